The second-order valence-electron chi connectivity index (χ2n) is 5.28. The Kier molecular flexibility index (Phi) is 3.52. The first-order valence-corrected chi connectivity index (χ1v) is 6.67. The van der Waals surface area contributed by atoms with Gasteiger partial charge in [-0.25, -0.2) is 5.01 Å². The van der Waals surface area contributed by atoms with Crippen LogP contribution in [0.2, 0.25) is 0 Å². The quantitative estimate of drug-likeness (QED) is 0.802. The molecule has 4 heteroatoms. The van der Waals surface area contributed by atoms with Crippen LogP contribution in [0, 0.1) is 5.92 Å². The zero-order valence-electron chi connectivity index (χ0n) is 10.8. The summed E-state index contributed by atoms with van der Waals surface area (Å²) in [5, 5.41) is 16.4. The average molecular weight is 238 g/mol. The molecule has 0 saturated heterocycles. The van der Waals surface area contributed by atoms with Gasteiger partial charge in [0, 0.05) is 24.5 Å². The molecule has 1 atom stereocenters. The van der Waals surface area contributed by atoms with Crippen molar-refractivity contribution in [3.63, 3.8) is 0 Å². The summed E-state index contributed by atoms with van der Waals surface area (Å²) in [6.45, 7) is 3.70. The van der Waals surface area contributed by atoms with Crippen LogP contribution in [0.25, 0.3) is 0 Å². The maximum atomic E-state index is 11.9. The lowest BCUT2D eigenvalue weighted by Crippen LogP contribution is -2.52. The smallest absolute Gasteiger partial charge is 0.245 e. The third-order valence-electron chi connectivity index (χ3n) is 3.95. The van der Waals surface area contributed by atoms with E-state index in [2.05, 4.69) is 5.10 Å². The molecular formula is C13H22N2O2. The second-order valence-corrected chi connectivity index (χ2v) is 5.28. The predicted molar refractivity (Wildman–Crippen MR) is 66.4 cm³/mol. The van der Waals surface area contributed by atoms with E-state index in [9.17, 15) is 9.90 Å². The highest BCUT2D eigenvalue weighted by Gasteiger charge is 2.48. The summed E-state index contributed by atoms with van der Waals surface area (Å²) in [6.07, 6.45) is 6.48. The molecule has 1 aliphatic carbocycles. The van der Waals surface area contributed by atoms with Crippen molar-refractivity contribution in [2.24, 2.45) is 11.0 Å². The summed E-state index contributed by atoms with van der Waals surface area (Å²) in [5.41, 5.74) is -0.183. The fourth-order valence-electron chi connectivity index (χ4n) is 3.05. The van der Waals surface area contributed by atoms with Crippen molar-refractivity contribution in [2.45, 2.75) is 64.5 Å². The molecular weight excluding hydrogens is 216 g/mol. The van der Waals surface area contributed by atoms with Crippen LogP contribution in [0.3, 0.4) is 0 Å². The van der Waals surface area contributed by atoms with E-state index in [0.29, 0.717) is 12.8 Å². The van der Waals surface area contributed by atoms with Gasteiger partial charge in [0.05, 0.1) is 0 Å². The number of rotatable bonds is 2. The Labute approximate surface area is 103 Å². The Morgan fingerprint density at radius 3 is 2.71 bits per heavy atom. The molecule has 1 saturated carbocycles. The van der Waals surface area contributed by atoms with Crippen molar-refractivity contribution in [3.8, 4) is 0 Å². The van der Waals surface area contributed by atoms with Gasteiger partial charge in [0.1, 0.15) is 0 Å². The summed E-state index contributed by atoms with van der Waals surface area (Å²) in [5.74, 6) is 0.114. The van der Waals surface area contributed by atoms with E-state index in [-0.39, 0.29) is 11.8 Å². The van der Waals surface area contributed by atoms with Crippen molar-refractivity contribution in [3.05, 3.63) is 0 Å². The van der Waals surface area contributed by atoms with E-state index in [1.807, 2.05) is 13.8 Å². The molecule has 0 bridgehead atoms. The topological polar surface area (TPSA) is 52.9 Å². The molecule has 1 heterocycles. The summed E-state index contributed by atoms with van der Waals surface area (Å²) < 4.78 is 0. The van der Waals surface area contributed by atoms with Crippen LogP contribution in [0.5, 0.6) is 0 Å². The van der Waals surface area contributed by atoms with E-state index in [4.69, 9.17) is 0 Å². The number of nitrogens with zero attached hydrogens (tertiary/aromatic N) is 2. The standard InChI is InChI=1S/C13H22N2O2/c1-3-12(16)15-13(17,9-10(2)14-15)11-7-5-4-6-8-11/h11,17H,3-9H2,1-2H3/t13-/m0/s1. The normalized spacial score (nSPS) is 30.5. The van der Waals surface area contributed by atoms with E-state index in [0.717, 1.165) is 31.4 Å². The molecule has 1 N–H and O–H groups in total. The number of hydrogen-bond donors (Lipinski definition) is 1. The molecule has 2 rings (SSSR count). The molecule has 0 radical (unpaired) electrons. The monoisotopic (exact) mass is 238 g/mol. The van der Waals surface area contributed by atoms with Crippen LogP contribution >= 0.6 is 0 Å². The molecule has 0 aromatic carbocycles. The number of carbonyl (C=O) groups is 1. The lowest BCUT2D eigenvalue weighted by molar-refractivity contribution is -0.171. The van der Waals surface area contributed by atoms with Crippen molar-refractivity contribution in [1.82, 2.24) is 5.01 Å². The van der Waals surface area contributed by atoms with Gasteiger partial charge in [-0.3, -0.25) is 4.79 Å². The molecule has 0 unspecified atom stereocenters. The summed E-state index contributed by atoms with van der Waals surface area (Å²) in [6, 6.07) is 0. The van der Waals surface area contributed by atoms with Gasteiger partial charge >= 0.3 is 0 Å². The summed E-state index contributed by atoms with van der Waals surface area (Å²) in [4.78, 5) is 11.9. The maximum absolute atomic E-state index is 11.9. The lowest BCUT2D eigenvalue weighted by Gasteiger charge is -2.39. The zero-order chi connectivity index (χ0) is 12.5. The fourth-order valence-corrected chi connectivity index (χ4v) is 3.05. The van der Waals surface area contributed by atoms with E-state index in [1.165, 1.54) is 11.4 Å². The number of aliphatic hydroxyl groups is 1. The Balaban J connectivity index is 2.19. The zero-order valence-corrected chi connectivity index (χ0v) is 10.8. The van der Waals surface area contributed by atoms with Crippen LogP contribution in [0.1, 0.15) is 58.8 Å². The molecule has 2 aliphatic rings. The summed E-state index contributed by atoms with van der Waals surface area (Å²) >= 11 is 0. The minimum Gasteiger partial charge on any atom is -0.368 e. The largest absolute Gasteiger partial charge is 0.368 e. The highest BCUT2D eigenvalue weighted by Crippen LogP contribution is 2.40. The highest BCUT2D eigenvalue weighted by molar-refractivity contribution is 5.88. The first-order valence-electron chi connectivity index (χ1n) is 6.67. The molecule has 0 aromatic rings. The Bertz CT molecular complexity index is 334. The molecule has 1 aliphatic heterocycles. The number of amides is 1. The third-order valence-corrected chi connectivity index (χ3v) is 3.95. The molecule has 4 nitrogen and oxygen atoms in total. The van der Waals surface area contributed by atoms with Crippen molar-refractivity contribution < 1.29 is 9.90 Å². The molecule has 96 valence electrons. The molecule has 1 fully saturated rings. The Morgan fingerprint density at radius 2 is 2.12 bits per heavy atom. The molecule has 0 aromatic heterocycles. The predicted octanol–water partition coefficient (Wildman–Crippen LogP) is 2.27. The molecule has 17 heavy (non-hydrogen) atoms. The van der Waals surface area contributed by atoms with Gasteiger partial charge in [-0.15, -0.1) is 0 Å². The van der Waals surface area contributed by atoms with Crippen LogP contribution < -0.4 is 0 Å². The maximum Gasteiger partial charge on any atom is 0.245 e. The van der Waals surface area contributed by atoms with E-state index in [1.54, 1.807) is 0 Å². The number of hydrazone groups is 1. The van der Waals surface area contributed by atoms with Crippen molar-refractivity contribution in [1.29, 1.82) is 0 Å². The first kappa shape index (κ1) is 12.6. The first-order chi connectivity index (χ1) is 8.08. The third kappa shape index (κ3) is 2.23. The van der Waals surface area contributed by atoms with Crippen molar-refractivity contribution in [2.75, 3.05) is 0 Å². The number of hydrogen-bond acceptors (Lipinski definition) is 3. The van der Waals surface area contributed by atoms with Gasteiger partial charge in [0.25, 0.3) is 0 Å². The molecule has 0 spiro atoms. The molecule has 1 amide bonds. The Hall–Kier alpha value is -0.900. The van der Waals surface area contributed by atoms with Gasteiger partial charge in [0.15, 0.2) is 5.72 Å². The van der Waals surface area contributed by atoms with Gasteiger partial charge < -0.3 is 5.11 Å². The minimum absolute atomic E-state index is 0.0741. The van der Waals surface area contributed by atoms with Crippen LogP contribution in [-0.4, -0.2) is 27.5 Å². The van der Waals surface area contributed by atoms with Crippen LogP contribution in [0.4, 0.5) is 0 Å². The highest BCUT2D eigenvalue weighted by atomic mass is 16.3. The number of carbonyl (C=O) groups excluding carboxylic acids is 1. The van der Waals surface area contributed by atoms with Gasteiger partial charge in [0.2, 0.25) is 5.91 Å². The summed E-state index contributed by atoms with van der Waals surface area (Å²) in [7, 11) is 0. The lowest BCUT2D eigenvalue weighted by atomic mass is 9.79. The minimum atomic E-state index is -1.04. The van der Waals surface area contributed by atoms with Crippen LogP contribution in [0.15, 0.2) is 5.10 Å². The van der Waals surface area contributed by atoms with Gasteiger partial charge in [-0.05, 0) is 19.8 Å². The Morgan fingerprint density at radius 1 is 1.47 bits per heavy atom. The van der Waals surface area contributed by atoms with Gasteiger partial charge in [-0.2, -0.15) is 5.10 Å². The fraction of sp³-hybridized carbons (Fsp3) is 0.846. The van der Waals surface area contributed by atoms with Crippen LogP contribution in [-0.2, 0) is 4.79 Å². The SMILES string of the molecule is CCC(=O)N1N=C(C)C[C@]1(O)C1CCCCC1. The van der Waals surface area contributed by atoms with Gasteiger partial charge in [-0.1, -0.05) is 26.2 Å². The second kappa shape index (κ2) is 4.77. The van der Waals surface area contributed by atoms with E-state index < -0.39 is 5.72 Å². The van der Waals surface area contributed by atoms with Crippen molar-refractivity contribution >= 4 is 11.6 Å². The average Bonchev–Trinajstić information content (AvgIpc) is 2.66. The van der Waals surface area contributed by atoms with E-state index >= 15 is 0 Å².